The predicted molar refractivity (Wildman–Crippen MR) is 117 cm³/mol. The van der Waals surface area contributed by atoms with E-state index in [1.807, 2.05) is 67.6 Å². The first-order valence-corrected chi connectivity index (χ1v) is 10.2. The number of aromatic nitrogens is 2. The molecule has 3 aromatic rings. The van der Waals surface area contributed by atoms with Crippen LogP contribution in [0, 0.1) is 13.8 Å². The van der Waals surface area contributed by atoms with Gasteiger partial charge in [0.25, 0.3) is 5.91 Å². The smallest absolute Gasteiger partial charge is 0.342 e. The molecule has 0 fully saturated rings. The van der Waals surface area contributed by atoms with Crippen LogP contribution in [0.25, 0.3) is 0 Å². The number of nitrogens with zero attached hydrogens (tertiary/aromatic N) is 4. The van der Waals surface area contributed by atoms with Gasteiger partial charge in [-0.1, -0.05) is 60.7 Å². The molecule has 2 aromatic carbocycles. The van der Waals surface area contributed by atoms with Crippen molar-refractivity contribution in [3.8, 4) is 0 Å². The zero-order valence-corrected chi connectivity index (χ0v) is 17.6. The van der Waals surface area contributed by atoms with Crippen LogP contribution in [-0.4, -0.2) is 45.5 Å². The second-order valence-electron chi connectivity index (χ2n) is 7.44. The van der Waals surface area contributed by atoms with Crippen LogP contribution in [0.5, 0.6) is 0 Å². The molecule has 1 amide bonds. The molecule has 0 N–H and O–H groups in total. The molecular weight excluding hydrogens is 392 g/mol. The molecule has 2 heterocycles. The topological polar surface area (TPSA) is 76.8 Å². The number of carbonyl (C=O) groups excluding carboxylic acids is 2. The third-order valence-corrected chi connectivity index (χ3v) is 5.28. The highest BCUT2D eigenvalue weighted by Gasteiger charge is 2.25. The van der Waals surface area contributed by atoms with Gasteiger partial charge in [0, 0.05) is 6.42 Å². The van der Waals surface area contributed by atoms with Gasteiger partial charge in [-0.25, -0.2) is 9.80 Å². The van der Waals surface area contributed by atoms with Crippen molar-refractivity contribution in [2.45, 2.75) is 26.8 Å². The molecular formula is C24H24N4O3. The summed E-state index contributed by atoms with van der Waals surface area (Å²) in [6.07, 6.45) is 0.675. The molecule has 0 spiro atoms. The molecule has 1 aliphatic rings. The standard InChI is InChI=1S/C24H24N4O3/c1-17-23(18(2)28(25-17)15-19-9-5-3-6-10-19)24(30)31-16-22(29)27-14-13-21(26-27)20-11-7-4-8-12-20/h3-12H,13-16H2,1-2H3. The van der Waals surface area contributed by atoms with Gasteiger partial charge in [0.2, 0.25) is 0 Å². The van der Waals surface area contributed by atoms with E-state index in [0.717, 1.165) is 16.8 Å². The van der Waals surface area contributed by atoms with E-state index in [1.54, 1.807) is 11.6 Å². The third kappa shape index (κ3) is 4.55. The maximum atomic E-state index is 12.7. The van der Waals surface area contributed by atoms with Gasteiger partial charge in [-0.05, 0) is 25.0 Å². The summed E-state index contributed by atoms with van der Waals surface area (Å²) in [4.78, 5) is 25.2. The minimum absolute atomic E-state index is 0.341. The Balaban J connectivity index is 1.39. The second-order valence-corrected chi connectivity index (χ2v) is 7.44. The van der Waals surface area contributed by atoms with Crippen molar-refractivity contribution in [1.82, 2.24) is 14.8 Å². The molecule has 0 radical (unpaired) electrons. The quantitative estimate of drug-likeness (QED) is 0.578. The van der Waals surface area contributed by atoms with Gasteiger partial charge in [-0.2, -0.15) is 10.2 Å². The second kappa shape index (κ2) is 8.95. The molecule has 7 nitrogen and oxygen atoms in total. The minimum Gasteiger partial charge on any atom is -0.452 e. The lowest BCUT2D eigenvalue weighted by atomic mass is 10.1. The van der Waals surface area contributed by atoms with Gasteiger partial charge in [-0.15, -0.1) is 0 Å². The fraction of sp³-hybridized carbons (Fsp3) is 0.250. The number of benzene rings is 2. The Kier molecular flexibility index (Phi) is 5.93. The summed E-state index contributed by atoms with van der Waals surface area (Å²) in [5.74, 6) is -0.889. The maximum absolute atomic E-state index is 12.7. The monoisotopic (exact) mass is 416 g/mol. The van der Waals surface area contributed by atoms with E-state index in [0.29, 0.717) is 36.5 Å². The molecule has 0 atom stereocenters. The highest BCUT2D eigenvalue weighted by Crippen LogP contribution is 2.17. The lowest BCUT2D eigenvalue weighted by molar-refractivity contribution is -0.134. The van der Waals surface area contributed by atoms with Crippen LogP contribution < -0.4 is 0 Å². The number of carbonyl (C=O) groups is 2. The summed E-state index contributed by atoms with van der Waals surface area (Å²) >= 11 is 0. The molecule has 1 aromatic heterocycles. The first kappa shape index (κ1) is 20.5. The van der Waals surface area contributed by atoms with Crippen molar-refractivity contribution < 1.29 is 14.3 Å². The maximum Gasteiger partial charge on any atom is 0.342 e. The van der Waals surface area contributed by atoms with E-state index in [2.05, 4.69) is 10.2 Å². The Labute approximate surface area is 180 Å². The Morgan fingerprint density at radius 1 is 1.00 bits per heavy atom. The number of ether oxygens (including phenoxy) is 1. The van der Waals surface area contributed by atoms with Crippen LogP contribution in [0.4, 0.5) is 0 Å². The summed E-state index contributed by atoms with van der Waals surface area (Å²) < 4.78 is 7.09. The van der Waals surface area contributed by atoms with Gasteiger partial charge in [0.15, 0.2) is 6.61 Å². The molecule has 0 unspecified atom stereocenters. The summed E-state index contributed by atoms with van der Waals surface area (Å²) in [6, 6.07) is 19.6. The number of aryl methyl sites for hydroxylation is 1. The average Bonchev–Trinajstić information content (AvgIpc) is 3.38. The minimum atomic E-state index is -0.547. The number of hydrogen-bond acceptors (Lipinski definition) is 5. The number of esters is 1. The van der Waals surface area contributed by atoms with Crippen molar-refractivity contribution >= 4 is 17.6 Å². The SMILES string of the molecule is Cc1nn(Cc2ccccc2)c(C)c1C(=O)OCC(=O)N1CCC(c2ccccc2)=N1. The van der Waals surface area contributed by atoms with Crippen molar-refractivity contribution in [2.75, 3.05) is 13.2 Å². The Morgan fingerprint density at radius 3 is 2.39 bits per heavy atom. The predicted octanol–water partition coefficient (Wildman–Crippen LogP) is 3.34. The molecule has 0 saturated carbocycles. The van der Waals surface area contributed by atoms with Crippen molar-refractivity contribution in [1.29, 1.82) is 0 Å². The van der Waals surface area contributed by atoms with E-state index in [9.17, 15) is 9.59 Å². The molecule has 0 saturated heterocycles. The fourth-order valence-electron chi connectivity index (χ4n) is 3.65. The van der Waals surface area contributed by atoms with Gasteiger partial charge >= 0.3 is 5.97 Å². The Morgan fingerprint density at radius 2 is 1.68 bits per heavy atom. The highest BCUT2D eigenvalue weighted by atomic mass is 16.5. The average molecular weight is 416 g/mol. The van der Waals surface area contributed by atoms with Crippen LogP contribution >= 0.6 is 0 Å². The lowest BCUT2D eigenvalue weighted by Gasteiger charge is -2.11. The molecule has 1 aliphatic heterocycles. The molecule has 0 bridgehead atoms. The molecule has 31 heavy (non-hydrogen) atoms. The third-order valence-electron chi connectivity index (χ3n) is 5.28. The Hall–Kier alpha value is -3.74. The van der Waals surface area contributed by atoms with Crippen LogP contribution in [0.1, 0.15) is 39.3 Å². The van der Waals surface area contributed by atoms with Gasteiger partial charge in [0.05, 0.1) is 30.2 Å². The summed E-state index contributed by atoms with van der Waals surface area (Å²) in [6.45, 7) is 4.29. The van der Waals surface area contributed by atoms with Gasteiger partial charge in [-0.3, -0.25) is 9.48 Å². The zero-order valence-electron chi connectivity index (χ0n) is 17.6. The van der Waals surface area contributed by atoms with E-state index < -0.39 is 5.97 Å². The zero-order chi connectivity index (χ0) is 21.8. The van der Waals surface area contributed by atoms with Gasteiger partial charge < -0.3 is 4.74 Å². The van der Waals surface area contributed by atoms with E-state index in [1.165, 1.54) is 5.01 Å². The normalized spacial score (nSPS) is 13.2. The number of amides is 1. The van der Waals surface area contributed by atoms with E-state index in [4.69, 9.17) is 4.74 Å². The first-order valence-electron chi connectivity index (χ1n) is 10.2. The first-order chi connectivity index (χ1) is 15.0. The van der Waals surface area contributed by atoms with E-state index >= 15 is 0 Å². The number of hydrazone groups is 1. The lowest BCUT2D eigenvalue weighted by Crippen LogP contribution is -2.29. The molecule has 158 valence electrons. The van der Waals surface area contributed by atoms with Gasteiger partial charge in [0.1, 0.15) is 5.56 Å². The summed E-state index contributed by atoms with van der Waals surface area (Å²) in [5.41, 5.74) is 4.63. The number of rotatable bonds is 6. The van der Waals surface area contributed by atoms with Crippen LogP contribution in [0.2, 0.25) is 0 Å². The van der Waals surface area contributed by atoms with Crippen molar-refractivity contribution in [2.24, 2.45) is 5.10 Å². The summed E-state index contributed by atoms with van der Waals surface area (Å²) in [5, 5.41) is 10.2. The highest BCUT2D eigenvalue weighted by molar-refractivity contribution is 6.02. The largest absolute Gasteiger partial charge is 0.452 e. The van der Waals surface area contributed by atoms with Crippen molar-refractivity contribution in [3.63, 3.8) is 0 Å². The molecule has 7 heteroatoms. The molecule has 0 aliphatic carbocycles. The van der Waals surface area contributed by atoms with E-state index in [-0.39, 0.29) is 12.5 Å². The van der Waals surface area contributed by atoms with Crippen molar-refractivity contribution in [3.05, 3.63) is 88.7 Å². The summed E-state index contributed by atoms with van der Waals surface area (Å²) in [7, 11) is 0. The Bertz CT molecular complexity index is 1120. The number of hydrogen-bond donors (Lipinski definition) is 0. The van der Waals surface area contributed by atoms with Crippen LogP contribution in [0.15, 0.2) is 65.8 Å². The molecule has 4 rings (SSSR count). The fourth-order valence-corrected chi connectivity index (χ4v) is 3.65. The van der Waals surface area contributed by atoms with Crippen LogP contribution in [0.3, 0.4) is 0 Å². The van der Waals surface area contributed by atoms with Crippen LogP contribution in [-0.2, 0) is 16.1 Å².